The quantitative estimate of drug-likeness (QED) is 0.654. The minimum absolute atomic E-state index is 0.232. The van der Waals surface area contributed by atoms with Crippen LogP contribution in [0.4, 0.5) is 0 Å². The largest absolute Gasteiger partial charge is 0.507 e. The van der Waals surface area contributed by atoms with Gasteiger partial charge in [0.1, 0.15) is 5.75 Å². The first-order valence-electron chi connectivity index (χ1n) is 8.57. The Labute approximate surface area is 136 Å². The van der Waals surface area contributed by atoms with E-state index in [-0.39, 0.29) is 5.41 Å². The maximum Gasteiger partial charge on any atom is 0.123 e. The molecule has 1 atom stereocenters. The van der Waals surface area contributed by atoms with Crippen molar-refractivity contribution in [3.63, 3.8) is 0 Å². The van der Waals surface area contributed by atoms with Gasteiger partial charge in [0, 0.05) is 5.39 Å². The van der Waals surface area contributed by atoms with Gasteiger partial charge in [0.15, 0.2) is 0 Å². The number of rotatable bonds is 3. The van der Waals surface area contributed by atoms with Gasteiger partial charge in [-0.05, 0) is 34.8 Å². The van der Waals surface area contributed by atoms with E-state index in [2.05, 4.69) is 59.7 Å². The molecule has 0 aliphatic carbocycles. The van der Waals surface area contributed by atoms with E-state index in [1.165, 1.54) is 30.2 Å². The van der Waals surface area contributed by atoms with Crippen molar-refractivity contribution < 1.29 is 5.11 Å². The van der Waals surface area contributed by atoms with E-state index in [4.69, 9.17) is 0 Å². The van der Waals surface area contributed by atoms with Crippen LogP contribution in [0.1, 0.15) is 72.3 Å². The van der Waals surface area contributed by atoms with Crippen LogP contribution in [0.3, 0.4) is 0 Å². The lowest BCUT2D eigenvalue weighted by molar-refractivity contribution is 0.304. The Balaban J connectivity index is 0.000000745. The number of hydrogen-bond acceptors (Lipinski definition) is 1. The van der Waals surface area contributed by atoms with Crippen LogP contribution in [0.2, 0.25) is 0 Å². The first-order chi connectivity index (χ1) is 10.4. The first kappa shape index (κ1) is 18.5. The van der Waals surface area contributed by atoms with E-state index in [9.17, 15) is 5.11 Å². The molecule has 0 saturated carbocycles. The highest BCUT2D eigenvalue weighted by Crippen LogP contribution is 2.42. The summed E-state index contributed by atoms with van der Waals surface area (Å²) in [4.78, 5) is 0. The summed E-state index contributed by atoms with van der Waals surface area (Å²) in [5, 5.41) is 12.2. The second-order valence-corrected chi connectivity index (χ2v) is 7.13. The molecule has 0 spiro atoms. The highest BCUT2D eigenvalue weighted by Gasteiger charge is 2.26. The Kier molecular flexibility index (Phi) is 6.93. The lowest BCUT2D eigenvalue weighted by atomic mass is 9.73. The van der Waals surface area contributed by atoms with Crippen molar-refractivity contribution in [2.24, 2.45) is 5.41 Å². The number of phenols is 1. The molecule has 0 saturated heterocycles. The molecule has 0 radical (unpaired) electrons. The highest BCUT2D eigenvalue weighted by atomic mass is 16.3. The van der Waals surface area contributed by atoms with Crippen LogP contribution in [0.5, 0.6) is 5.75 Å². The first-order valence-corrected chi connectivity index (χ1v) is 8.57. The van der Waals surface area contributed by atoms with Gasteiger partial charge in [0.05, 0.1) is 0 Å². The minimum atomic E-state index is 0.232. The summed E-state index contributed by atoms with van der Waals surface area (Å²) in [7, 11) is 0. The average molecular weight is 300 g/mol. The molecule has 0 heterocycles. The van der Waals surface area contributed by atoms with Gasteiger partial charge < -0.3 is 5.11 Å². The lowest BCUT2D eigenvalue weighted by Gasteiger charge is -2.32. The molecule has 1 heteroatoms. The van der Waals surface area contributed by atoms with Crippen LogP contribution < -0.4 is 0 Å². The topological polar surface area (TPSA) is 20.2 Å². The van der Waals surface area contributed by atoms with Gasteiger partial charge in [-0.2, -0.15) is 0 Å². The van der Waals surface area contributed by atoms with Crippen LogP contribution in [0.25, 0.3) is 10.8 Å². The van der Waals surface area contributed by atoms with E-state index in [1.807, 2.05) is 12.1 Å². The summed E-state index contributed by atoms with van der Waals surface area (Å²) in [5.41, 5.74) is 1.60. The molecule has 2 aromatic rings. The standard InChI is InChI=1S/C18H24O.C3H8/c1-5-8-16(18(2,3)4)14-10-6-11-15-13(14)9-7-12-17(15)19;1-3-2/h6-7,9-12,16,19H,5,8H2,1-4H3;3H2,1-2H3. The summed E-state index contributed by atoms with van der Waals surface area (Å²) in [6.07, 6.45) is 3.61. The van der Waals surface area contributed by atoms with Crippen molar-refractivity contribution >= 4 is 10.8 Å². The Bertz CT molecular complexity index is 578. The molecule has 0 aliphatic rings. The molecule has 0 amide bonds. The molecular formula is C21H32O. The third-order valence-electron chi connectivity index (χ3n) is 3.93. The molecule has 0 bridgehead atoms. The van der Waals surface area contributed by atoms with Crippen LogP contribution in [0, 0.1) is 5.41 Å². The Morgan fingerprint density at radius 3 is 2.00 bits per heavy atom. The summed E-state index contributed by atoms with van der Waals surface area (Å²) in [6, 6.07) is 12.1. The van der Waals surface area contributed by atoms with Crippen molar-refractivity contribution in [1.29, 1.82) is 0 Å². The van der Waals surface area contributed by atoms with E-state index >= 15 is 0 Å². The molecule has 122 valence electrons. The average Bonchev–Trinajstić information content (AvgIpc) is 2.45. The van der Waals surface area contributed by atoms with Crippen molar-refractivity contribution in [3.8, 4) is 5.75 Å². The lowest BCUT2D eigenvalue weighted by Crippen LogP contribution is -2.18. The number of hydrogen-bond donors (Lipinski definition) is 1. The van der Waals surface area contributed by atoms with Crippen LogP contribution in [-0.4, -0.2) is 5.11 Å². The van der Waals surface area contributed by atoms with Crippen LogP contribution in [0.15, 0.2) is 36.4 Å². The molecule has 1 nitrogen and oxygen atoms in total. The van der Waals surface area contributed by atoms with Gasteiger partial charge in [0.25, 0.3) is 0 Å². The number of phenolic OH excluding ortho intramolecular Hbond substituents is 1. The zero-order valence-electron chi connectivity index (χ0n) is 15.1. The molecule has 2 rings (SSSR count). The Hall–Kier alpha value is -1.50. The SMILES string of the molecule is CCC.CCCC(c1cccc2c(O)cccc12)C(C)(C)C. The second kappa shape index (κ2) is 8.22. The fraction of sp³-hybridized carbons (Fsp3) is 0.524. The van der Waals surface area contributed by atoms with Crippen LogP contribution in [-0.2, 0) is 0 Å². The number of fused-ring (bicyclic) bond motifs is 1. The molecule has 22 heavy (non-hydrogen) atoms. The summed E-state index contributed by atoms with van der Waals surface area (Å²) >= 11 is 0. The molecule has 1 N–H and O–H groups in total. The molecule has 0 fully saturated rings. The summed E-state index contributed by atoms with van der Waals surface area (Å²) in [5.74, 6) is 0.895. The van der Waals surface area contributed by atoms with Gasteiger partial charge in [-0.1, -0.05) is 84.7 Å². The van der Waals surface area contributed by atoms with Crippen molar-refractivity contribution in [2.75, 3.05) is 0 Å². The third-order valence-corrected chi connectivity index (χ3v) is 3.93. The predicted octanol–water partition coefficient (Wildman–Crippen LogP) is 6.89. The molecule has 1 unspecified atom stereocenters. The van der Waals surface area contributed by atoms with Gasteiger partial charge in [0.2, 0.25) is 0 Å². The van der Waals surface area contributed by atoms with Crippen molar-refractivity contribution in [1.82, 2.24) is 0 Å². The molecule has 0 aromatic heterocycles. The maximum atomic E-state index is 10.0. The van der Waals surface area contributed by atoms with Crippen molar-refractivity contribution in [2.45, 2.75) is 66.7 Å². The number of aromatic hydroxyl groups is 1. The van der Waals surface area contributed by atoms with E-state index in [1.54, 1.807) is 6.07 Å². The van der Waals surface area contributed by atoms with E-state index < -0.39 is 0 Å². The molecule has 0 aliphatic heterocycles. The minimum Gasteiger partial charge on any atom is -0.507 e. The fourth-order valence-electron chi connectivity index (χ4n) is 2.97. The van der Waals surface area contributed by atoms with Gasteiger partial charge >= 0.3 is 0 Å². The van der Waals surface area contributed by atoms with E-state index in [0.717, 1.165) is 5.39 Å². The zero-order valence-corrected chi connectivity index (χ0v) is 15.1. The number of benzene rings is 2. The Morgan fingerprint density at radius 2 is 1.45 bits per heavy atom. The monoisotopic (exact) mass is 300 g/mol. The Morgan fingerprint density at radius 1 is 0.909 bits per heavy atom. The summed E-state index contributed by atoms with van der Waals surface area (Å²) < 4.78 is 0. The van der Waals surface area contributed by atoms with Gasteiger partial charge in [-0.25, -0.2) is 0 Å². The normalized spacial score (nSPS) is 12.6. The zero-order chi connectivity index (χ0) is 16.8. The van der Waals surface area contributed by atoms with E-state index in [0.29, 0.717) is 11.7 Å². The second-order valence-electron chi connectivity index (χ2n) is 7.13. The molecular weight excluding hydrogens is 268 g/mol. The van der Waals surface area contributed by atoms with Gasteiger partial charge in [-0.15, -0.1) is 0 Å². The maximum absolute atomic E-state index is 10.0. The third kappa shape index (κ3) is 4.50. The summed E-state index contributed by atoms with van der Waals surface area (Å²) in [6.45, 7) is 13.4. The fourth-order valence-corrected chi connectivity index (χ4v) is 2.97. The highest BCUT2D eigenvalue weighted by molar-refractivity contribution is 5.91. The predicted molar refractivity (Wildman–Crippen MR) is 98.7 cm³/mol. The molecule has 2 aromatic carbocycles. The van der Waals surface area contributed by atoms with Gasteiger partial charge in [-0.3, -0.25) is 0 Å². The van der Waals surface area contributed by atoms with Crippen molar-refractivity contribution in [3.05, 3.63) is 42.0 Å². The smallest absolute Gasteiger partial charge is 0.123 e. The van der Waals surface area contributed by atoms with Crippen LogP contribution >= 0.6 is 0 Å².